The molecule has 0 amide bonds. The average Bonchev–Trinajstić information content (AvgIpc) is 3.03. The standard InChI is InChI=1S/C38H39ClFN3/c1-3-26-10-18-33(28-13-16-31(39)17-14-28)30(21-26)12-9-27-11-19-34(35(40)22-27)37-24-43(32-7-5-4-6-8-32)38-20-15-29(25(2)41)23-36(38)42-37/h10-11,13-23,32H,2-9,12,24,41H2,1H3. The fourth-order valence-electron chi connectivity index (χ4n) is 6.56. The van der Waals surface area contributed by atoms with Gasteiger partial charge in [0.25, 0.3) is 0 Å². The number of rotatable bonds is 8. The summed E-state index contributed by atoms with van der Waals surface area (Å²) in [5.41, 5.74) is 16.5. The van der Waals surface area contributed by atoms with Crippen LogP contribution in [0.1, 0.15) is 66.8 Å². The topological polar surface area (TPSA) is 41.6 Å². The van der Waals surface area contributed by atoms with Gasteiger partial charge >= 0.3 is 0 Å². The molecule has 0 atom stereocenters. The Morgan fingerprint density at radius 1 is 0.907 bits per heavy atom. The third kappa shape index (κ3) is 6.40. The maximum absolute atomic E-state index is 15.9. The molecule has 43 heavy (non-hydrogen) atoms. The molecule has 3 nitrogen and oxygen atoms in total. The minimum Gasteiger partial charge on any atom is -0.399 e. The molecule has 0 aromatic heterocycles. The fourth-order valence-corrected chi connectivity index (χ4v) is 6.68. The van der Waals surface area contributed by atoms with Crippen LogP contribution in [0, 0.1) is 5.82 Å². The van der Waals surface area contributed by atoms with Crippen LogP contribution < -0.4 is 10.6 Å². The van der Waals surface area contributed by atoms with Crippen LogP contribution in [0.3, 0.4) is 0 Å². The van der Waals surface area contributed by atoms with Gasteiger partial charge in [-0.3, -0.25) is 0 Å². The highest BCUT2D eigenvalue weighted by Crippen LogP contribution is 2.39. The molecular weight excluding hydrogens is 553 g/mol. The van der Waals surface area contributed by atoms with Gasteiger partial charge in [-0.2, -0.15) is 0 Å². The number of halogens is 2. The highest BCUT2D eigenvalue weighted by atomic mass is 35.5. The lowest BCUT2D eigenvalue weighted by molar-refractivity contribution is 0.422. The molecule has 1 saturated carbocycles. The minimum atomic E-state index is -0.220. The minimum absolute atomic E-state index is 0.220. The third-order valence-electron chi connectivity index (χ3n) is 9.01. The van der Waals surface area contributed by atoms with Gasteiger partial charge in [-0.1, -0.05) is 86.8 Å². The second-order valence-electron chi connectivity index (χ2n) is 11.9. The Morgan fingerprint density at radius 2 is 1.65 bits per heavy atom. The van der Waals surface area contributed by atoms with Crippen molar-refractivity contribution in [3.8, 4) is 11.1 Å². The van der Waals surface area contributed by atoms with Gasteiger partial charge in [-0.15, -0.1) is 0 Å². The zero-order valence-electron chi connectivity index (χ0n) is 24.9. The molecule has 2 aliphatic rings. The second kappa shape index (κ2) is 12.8. The van der Waals surface area contributed by atoms with Crippen molar-refractivity contribution in [3.63, 3.8) is 0 Å². The molecule has 4 aromatic carbocycles. The molecule has 1 heterocycles. The van der Waals surface area contributed by atoms with Crippen molar-refractivity contribution in [2.45, 2.75) is 64.3 Å². The van der Waals surface area contributed by atoms with Crippen LogP contribution in [0.5, 0.6) is 0 Å². The first kappa shape index (κ1) is 29.2. The van der Waals surface area contributed by atoms with E-state index in [1.807, 2.05) is 30.3 Å². The number of aryl methyl sites for hydroxylation is 3. The van der Waals surface area contributed by atoms with Crippen molar-refractivity contribution in [1.29, 1.82) is 0 Å². The smallest absolute Gasteiger partial charge is 0.132 e. The van der Waals surface area contributed by atoms with E-state index in [4.69, 9.17) is 22.3 Å². The van der Waals surface area contributed by atoms with Crippen LogP contribution in [-0.2, 0) is 19.3 Å². The molecule has 0 spiro atoms. The first-order chi connectivity index (χ1) is 20.9. The van der Waals surface area contributed by atoms with E-state index in [9.17, 15) is 0 Å². The van der Waals surface area contributed by atoms with Crippen LogP contribution in [0.4, 0.5) is 15.8 Å². The molecule has 2 N–H and O–H groups in total. The molecule has 220 valence electrons. The van der Waals surface area contributed by atoms with Gasteiger partial charge in [0.15, 0.2) is 0 Å². The maximum atomic E-state index is 15.9. The van der Waals surface area contributed by atoms with Gasteiger partial charge in [0, 0.05) is 22.3 Å². The van der Waals surface area contributed by atoms with E-state index in [-0.39, 0.29) is 5.82 Å². The zero-order valence-corrected chi connectivity index (χ0v) is 25.6. The van der Waals surface area contributed by atoms with Crippen LogP contribution >= 0.6 is 11.6 Å². The molecule has 0 saturated heterocycles. The summed E-state index contributed by atoms with van der Waals surface area (Å²) in [5.74, 6) is -0.220. The van der Waals surface area contributed by atoms with E-state index >= 15 is 4.39 Å². The molecule has 1 aliphatic carbocycles. The monoisotopic (exact) mass is 591 g/mol. The summed E-state index contributed by atoms with van der Waals surface area (Å²) in [4.78, 5) is 7.42. The fraction of sp³-hybridized carbons (Fsp3) is 0.289. The van der Waals surface area contributed by atoms with Crippen molar-refractivity contribution in [2.24, 2.45) is 10.7 Å². The van der Waals surface area contributed by atoms with E-state index in [0.29, 0.717) is 23.8 Å². The molecule has 1 fully saturated rings. The van der Waals surface area contributed by atoms with Gasteiger partial charge in [-0.05, 0) is 102 Å². The maximum Gasteiger partial charge on any atom is 0.132 e. The molecule has 0 bridgehead atoms. The van der Waals surface area contributed by atoms with Gasteiger partial charge in [-0.25, -0.2) is 9.38 Å². The molecule has 0 unspecified atom stereocenters. The quantitative estimate of drug-likeness (QED) is 0.221. The van der Waals surface area contributed by atoms with Crippen LogP contribution in [0.25, 0.3) is 16.8 Å². The largest absolute Gasteiger partial charge is 0.399 e. The molecule has 0 radical (unpaired) electrons. The summed E-state index contributed by atoms with van der Waals surface area (Å²) in [6.07, 6.45) is 8.57. The van der Waals surface area contributed by atoms with E-state index in [0.717, 1.165) is 70.9 Å². The number of nitrogens with zero attached hydrogens (tertiary/aromatic N) is 2. The molecule has 1 aliphatic heterocycles. The number of fused-ring (bicyclic) bond motifs is 1. The summed E-state index contributed by atoms with van der Waals surface area (Å²) in [6.45, 7) is 6.68. The average molecular weight is 592 g/mol. The van der Waals surface area contributed by atoms with Crippen LogP contribution in [0.2, 0.25) is 5.02 Å². The normalized spacial score (nSPS) is 15.2. The van der Waals surface area contributed by atoms with Crippen molar-refractivity contribution >= 4 is 34.4 Å². The predicted octanol–water partition coefficient (Wildman–Crippen LogP) is 9.70. The highest BCUT2D eigenvalue weighted by molar-refractivity contribution is 6.30. The highest BCUT2D eigenvalue weighted by Gasteiger charge is 2.29. The molecule has 5 heteroatoms. The lowest BCUT2D eigenvalue weighted by atomic mass is 9.91. The van der Waals surface area contributed by atoms with E-state index < -0.39 is 0 Å². The Labute approximate surface area is 259 Å². The van der Waals surface area contributed by atoms with Gasteiger partial charge in [0.1, 0.15) is 5.82 Å². The van der Waals surface area contributed by atoms with Crippen LogP contribution in [-0.4, -0.2) is 18.3 Å². The van der Waals surface area contributed by atoms with Gasteiger partial charge in [0.2, 0.25) is 0 Å². The number of aliphatic imine (C=N–C) groups is 1. The predicted molar refractivity (Wildman–Crippen MR) is 180 cm³/mol. The van der Waals surface area contributed by atoms with Crippen LogP contribution in [0.15, 0.2) is 90.4 Å². The summed E-state index contributed by atoms with van der Waals surface area (Å²) < 4.78 is 15.9. The number of benzene rings is 4. The second-order valence-corrected chi connectivity index (χ2v) is 12.3. The van der Waals surface area contributed by atoms with E-state index in [2.05, 4.69) is 60.9 Å². The Hall–Kier alpha value is -3.89. The number of anilines is 1. The Morgan fingerprint density at radius 3 is 2.37 bits per heavy atom. The number of nitrogens with two attached hydrogens (primary N) is 1. The van der Waals surface area contributed by atoms with Gasteiger partial charge < -0.3 is 10.6 Å². The third-order valence-corrected chi connectivity index (χ3v) is 9.26. The van der Waals surface area contributed by atoms with E-state index in [1.54, 1.807) is 6.07 Å². The van der Waals surface area contributed by atoms with Crippen molar-refractivity contribution in [3.05, 3.63) is 124 Å². The molecular formula is C38H39ClFN3. The summed E-state index contributed by atoms with van der Waals surface area (Å²) in [5, 5.41) is 0.726. The van der Waals surface area contributed by atoms with Crippen molar-refractivity contribution < 1.29 is 4.39 Å². The summed E-state index contributed by atoms with van der Waals surface area (Å²) in [7, 11) is 0. The molecule has 6 rings (SSSR count). The lowest BCUT2D eigenvalue weighted by Crippen LogP contribution is -2.42. The van der Waals surface area contributed by atoms with Gasteiger partial charge in [0.05, 0.1) is 23.6 Å². The first-order valence-electron chi connectivity index (χ1n) is 15.5. The Balaban J connectivity index is 1.27. The summed E-state index contributed by atoms with van der Waals surface area (Å²) in [6, 6.07) is 26.9. The molecule has 4 aromatic rings. The Kier molecular flexibility index (Phi) is 8.67. The zero-order chi connectivity index (χ0) is 29.9. The lowest BCUT2D eigenvalue weighted by Gasteiger charge is -2.39. The first-order valence-corrected chi connectivity index (χ1v) is 15.9. The Bertz CT molecular complexity index is 1670. The summed E-state index contributed by atoms with van der Waals surface area (Å²) >= 11 is 6.15. The SMILES string of the molecule is C=C(N)c1ccc2c(c1)N=C(c1ccc(CCc3cc(CC)ccc3-c3ccc(Cl)cc3)cc1F)CN2C1CCCCC1. The van der Waals surface area contributed by atoms with E-state index in [1.165, 1.54) is 36.0 Å². The van der Waals surface area contributed by atoms with Crippen molar-refractivity contribution in [1.82, 2.24) is 0 Å². The number of hydrogen-bond acceptors (Lipinski definition) is 3. The number of hydrogen-bond donors (Lipinski definition) is 1. The van der Waals surface area contributed by atoms with Crippen molar-refractivity contribution in [2.75, 3.05) is 11.4 Å².